The molecule has 3 heterocycles. The van der Waals surface area contributed by atoms with Crippen LogP contribution in [0.3, 0.4) is 0 Å². The van der Waals surface area contributed by atoms with Gasteiger partial charge in [-0.25, -0.2) is 4.98 Å². The Morgan fingerprint density at radius 3 is 1.82 bits per heavy atom. The second-order valence-electron chi connectivity index (χ2n) is 21.0. The van der Waals surface area contributed by atoms with Crippen molar-refractivity contribution in [1.82, 2.24) is 62.8 Å². The smallest absolute Gasteiger partial charge is 0.244 e. The van der Waals surface area contributed by atoms with Gasteiger partial charge in [-0.15, -0.1) is 0 Å². The summed E-state index contributed by atoms with van der Waals surface area (Å²) in [4.78, 5) is 160. The van der Waals surface area contributed by atoms with Crippen molar-refractivity contribution < 1.29 is 47.9 Å². The molecule has 10 amide bonds. The SMILES string of the molecule is CC(=O)N[C@@H](Cc1ccccc1)C(=O)N[C@@H](CCCN=C(N)N)C(=O)N[C@H]1CSSC[C@@H](C(N)=O)NC(=O)[C@H](Cc2c[nH]c3ccccc23)NC(=O)[C@H](CCCN=C(N)N)NC(=O)[C@@H](Cc2ccccc2)NC(=O)[C@H](Cc2cnc[nH]2)NC(=O)[C@@H](C)NC1=O. The van der Waals surface area contributed by atoms with Crippen LogP contribution < -0.4 is 76.5 Å². The third-order valence-electron chi connectivity index (χ3n) is 14.0. The molecule has 0 bridgehead atoms. The number of nitrogens with one attached hydrogen (secondary N) is 11. The predicted octanol–water partition coefficient (Wildman–Crippen LogP) is -2.45. The lowest BCUT2D eigenvalue weighted by molar-refractivity contribution is -0.135. The molecule has 0 saturated carbocycles. The molecule has 1 aliphatic heterocycles. The second kappa shape index (κ2) is 34.6. The molecule has 31 heteroatoms. The van der Waals surface area contributed by atoms with Gasteiger partial charge in [0.1, 0.15) is 54.4 Å². The highest BCUT2D eigenvalue weighted by atomic mass is 33.1. The first-order chi connectivity index (χ1) is 42.6. The van der Waals surface area contributed by atoms with Crippen LogP contribution in [0.5, 0.6) is 0 Å². The molecule has 2 aromatic heterocycles. The van der Waals surface area contributed by atoms with Crippen molar-refractivity contribution in [2.24, 2.45) is 38.7 Å². The third kappa shape index (κ3) is 22.5. The summed E-state index contributed by atoms with van der Waals surface area (Å²) in [5.74, 6) is -9.15. The highest BCUT2D eigenvalue weighted by molar-refractivity contribution is 8.76. The zero-order valence-corrected chi connectivity index (χ0v) is 50.8. The first-order valence-corrected chi connectivity index (χ1v) is 31.1. The van der Waals surface area contributed by atoms with Crippen molar-refractivity contribution in [3.63, 3.8) is 0 Å². The number of primary amides is 1. The Balaban J connectivity index is 1.37. The molecule has 9 atom stereocenters. The Hall–Kier alpha value is -9.65. The number of carbonyl (C=O) groups excluding carboxylic acids is 10. The molecule has 0 radical (unpaired) electrons. The van der Waals surface area contributed by atoms with Crippen molar-refractivity contribution >= 4 is 103 Å². The van der Waals surface area contributed by atoms with Gasteiger partial charge in [0.25, 0.3) is 0 Å². The number of rotatable bonds is 22. The third-order valence-corrected chi connectivity index (χ3v) is 16.4. The molecule has 29 nitrogen and oxygen atoms in total. The standard InChI is InChI=1S/C58H77N19O10S2/c1-32-49(80)73-45(26-37-28-64-31-68-37)55(86)74-43(24-35-15-7-4-8-16-35)53(84)72-40(19-11-21-65-57(60)61)50(81)75-44(25-36-27-67-39-18-10-9-17-38(36)39)54(85)76-46(48(59)79)29-88-89-30-47(56(87)69-32)77-51(82)41(20-12-22-66-58(62)63)71-52(83)42(70-33(2)78)23-34-13-5-3-6-14-34/h3-10,13-18,27-28,31-32,40-47,67H,11-12,19-26,29-30H2,1-2H3,(H2,59,79)(H,64,68)(H,69,87)(H,70,78)(H,71,83)(H,72,84)(H,73,80)(H,74,86)(H,75,81)(H,76,85)(H,77,82)(H4,60,61,65)(H4,62,63,66)/t32-,40+,41+,42+,43-,44+,45+,46+,47+/m1/s1. The molecule has 6 rings (SSSR count). The van der Waals surface area contributed by atoms with Crippen molar-refractivity contribution in [2.45, 2.75) is 120 Å². The fourth-order valence-electron chi connectivity index (χ4n) is 9.38. The minimum absolute atomic E-state index is 0.0416. The van der Waals surface area contributed by atoms with Crippen LogP contribution in [0, 0.1) is 0 Å². The highest BCUT2D eigenvalue weighted by Crippen LogP contribution is 2.24. The van der Waals surface area contributed by atoms with Crippen LogP contribution in [-0.4, -0.2) is 165 Å². The molecule has 21 N–H and O–H groups in total. The van der Waals surface area contributed by atoms with E-state index in [4.69, 9.17) is 28.7 Å². The number of para-hydroxylation sites is 1. The number of nitrogens with two attached hydrogens (primary N) is 5. The maximum absolute atomic E-state index is 14.8. The Bertz CT molecular complexity index is 3290. The number of aromatic nitrogens is 3. The van der Waals surface area contributed by atoms with Crippen LogP contribution in [0.2, 0.25) is 0 Å². The Kier molecular flexibility index (Phi) is 26.6. The molecule has 0 aliphatic carbocycles. The topological polar surface area (TPSA) is 478 Å². The van der Waals surface area contributed by atoms with E-state index in [0.29, 0.717) is 22.4 Å². The molecule has 0 unspecified atom stereocenters. The predicted molar refractivity (Wildman–Crippen MR) is 337 cm³/mol. The fourth-order valence-corrected chi connectivity index (χ4v) is 11.7. The average molecular weight is 1260 g/mol. The van der Waals surface area contributed by atoms with E-state index >= 15 is 0 Å². The van der Waals surface area contributed by atoms with Gasteiger partial charge in [-0.2, -0.15) is 0 Å². The lowest BCUT2D eigenvalue weighted by Gasteiger charge is -2.27. The fraction of sp³-hybridized carbons (Fsp3) is 0.397. The van der Waals surface area contributed by atoms with Crippen molar-refractivity contribution in [3.8, 4) is 0 Å². The number of fused-ring (bicyclic) bond motifs is 1. The Labute approximate surface area is 520 Å². The molecular weight excluding hydrogens is 1190 g/mol. The van der Waals surface area contributed by atoms with E-state index in [2.05, 4.69) is 72.8 Å². The number of guanidine groups is 2. The van der Waals surface area contributed by atoms with E-state index in [0.717, 1.165) is 32.5 Å². The van der Waals surface area contributed by atoms with Gasteiger partial charge < -0.3 is 86.5 Å². The van der Waals surface area contributed by atoms with Crippen LogP contribution in [-0.2, 0) is 73.6 Å². The first kappa shape index (κ1) is 68.5. The number of benzene rings is 3. The number of carbonyl (C=O) groups is 10. The van der Waals surface area contributed by atoms with E-state index in [-0.39, 0.29) is 87.9 Å². The van der Waals surface area contributed by atoms with Gasteiger partial charge in [-0.1, -0.05) is 100 Å². The maximum Gasteiger partial charge on any atom is 0.244 e. The summed E-state index contributed by atoms with van der Waals surface area (Å²) < 4.78 is 0. The molecule has 3 aromatic carbocycles. The highest BCUT2D eigenvalue weighted by Gasteiger charge is 2.36. The largest absolute Gasteiger partial charge is 0.370 e. The van der Waals surface area contributed by atoms with Gasteiger partial charge in [-0.05, 0) is 55.4 Å². The number of hydrogen-bond donors (Lipinski definition) is 16. The number of aromatic amines is 2. The molecule has 89 heavy (non-hydrogen) atoms. The van der Waals surface area contributed by atoms with Crippen molar-refractivity contribution in [3.05, 3.63) is 126 Å². The van der Waals surface area contributed by atoms with Crippen LogP contribution in [0.15, 0.2) is 114 Å². The van der Waals surface area contributed by atoms with Crippen LogP contribution in [0.25, 0.3) is 10.9 Å². The van der Waals surface area contributed by atoms with Gasteiger partial charge in [0.15, 0.2) is 11.9 Å². The number of hydrogen-bond acceptors (Lipinski definition) is 15. The van der Waals surface area contributed by atoms with E-state index in [1.807, 2.05) is 18.2 Å². The van der Waals surface area contributed by atoms with Crippen LogP contribution in [0.1, 0.15) is 61.9 Å². The van der Waals surface area contributed by atoms with Gasteiger partial charge in [-0.3, -0.25) is 57.9 Å². The minimum Gasteiger partial charge on any atom is -0.370 e. The van der Waals surface area contributed by atoms with Gasteiger partial charge in [0.2, 0.25) is 59.1 Å². The number of H-pyrrole nitrogens is 2. The summed E-state index contributed by atoms with van der Waals surface area (Å²) >= 11 is 0. The normalized spacial score (nSPS) is 20.7. The second-order valence-corrected chi connectivity index (χ2v) is 23.6. The van der Waals surface area contributed by atoms with Crippen LogP contribution in [0.4, 0.5) is 0 Å². The first-order valence-electron chi connectivity index (χ1n) is 28.6. The summed E-state index contributed by atoms with van der Waals surface area (Å²) in [6.45, 7) is 2.65. The Morgan fingerprint density at radius 2 is 1.18 bits per heavy atom. The van der Waals surface area contributed by atoms with E-state index in [1.54, 1.807) is 72.9 Å². The molecule has 1 aliphatic rings. The van der Waals surface area contributed by atoms with Gasteiger partial charge in [0.05, 0.1) is 6.33 Å². The molecule has 476 valence electrons. The summed E-state index contributed by atoms with van der Waals surface area (Å²) in [5.41, 5.74) is 31.3. The van der Waals surface area contributed by atoms with E-state index < -0.39 is 113 Å². The molecule has 0 spiro atoms. The molecule has 1 fully saturated rings. The molecule has 5 aromatic rings. The molecule has 1 saturated heterocycles. The summed E-state index contributed by atoms with van der Waals surface area (Å²) in [6.07, 6.45) is 4.21. The Morgan fingerprint density at radius 1 is 0.607 bits per heavy atom. The number of nitrogens with zero attached hydrogens (tertiary/aromatic N) is 3. The summed E-state index contributed by atoms with van der Waals surface area (Å²) in [6, 6.07) is 12.2. The quantitative estimate of drug-likeness (QED) is 0.0148. The van der Waals surface area contributed by atoms with Crippen molar-refractivity contribution in [2.75, 3.05) is 24.6 Å². The van der Waals surface area contributed by atoms with E-state index in [1.165, 1.54) is 26.4 Å². The lowest BCUT2D eigenvalue weighted by Crippen LogP contribution is -2.61. The van der Waals surface area contributed by atoms with Gasteiger partial charge >= 0.3 is 0 Å². The number of imidazole rings is 1. The number of aliphatic imine (C=N–C) groups is 2. The summed E-state index contributed by atoms with van der Waals surface area (Å²) in [5, 5.41) is 25.0. The zero-order chi connectivity index (χ0) is 64.4. The maximum atomic E-state index is 14.8. The number of amides is 10. The minimum atomic E-state index is -1.50. The van der Waals surface area contributed by atoms with Gasteiger partial charge in [0, 0.05) is 86.2 Å². The van der Waals surface area contributed by atoms with Crippen molar-refractivity contribution in [1.29, 1.82) is 0 Å². The van der Waals surface area contributed by atoms with E-state index in [9.17, 15) is 47.9 Å². The lowest BCUT2D eigenvalue weighted by atomic mass is 10.0. The zero-order valence-electron chi connectivity index (χ0n) is 49.1. The van der Waals surface area contributed by atoms with Crippen LogP contribution >= 0.6 is 21.6 Å². The average Bonchev–Trinajstić information content (AvgIpc) is 2.27. The monoisotopic (exact) mass is 1260 g/mol. The molecular formula is C58H77N19O10S2. The summed E-state index contributed by atoms with van der Waals surface area (Å²) in [7, 11) is 1.95.